The van der Waals surface area contributed by atoms with Crippen molar-refractivity contribution in [3.8, 4) is 5.75 Å². The summed E-state index contributed by atoms with van der Waals surface area (Å²) in [5.41, 5.74) is 0.479. The van der Waals surface area contributed by atoms with Crippen LogP contribution < -0.4 is 5.32 Å². The molecule has 0 aromatic heterocycles. The van der Waals surface area contributed by atoms with Gasteiger partial charge in [-0.05, 0) is 18.2 Å². The summed E-state index contributed by atoms with van der Waals surface area (Å²) in [5, 5.41) is 11.9. The van der Waals surface area contributed by atoms with Crippen LogP contribution in [0, 0.1) is 0 Å². The third-order valence-electron chi connectivity index (χ3n) is 1.40. The van der Waals surface area contributed by atoms with Crippen molar-refractivity contribution in [3.05, 3.63) is 35.9 Å². The highest BCUT2D eigenvalue weighted by atomic mass is 35.5. The molecule has 0 unspecified atom stereocenters. The molecule has 0 aliphatic carbocycles. The molecule has 13 heavy (non-hydrogen) atoms. The van der Waals surface area contributed by atoms with E-state index in [-0.39, 0.29) is 16.7 Å². The smallest absolute Gasteiger partial charge is 0.247 e. The Kier molecular flexibility index (Phi) is 2.93. The molecule has 3 nitrogen and oxygen atoms in total. The molecule has 1 aromatic carbocycles. The van der Waals surface area contributed by atoms with Gasteiger partial charge in [-0.2, -0.15) is 0 Å². The molecule has 0 spiro atoms. The number of hydrogen-bond acceptors (Lipinski definition) is 2. The highest BCUT2D eigenvalue weighted by Crippen LogP contribution is 2.25. The van der Waals surface area contributed by atoms with E-state index in [1.54, 1.807) is 6.07 Å². The molecule has 2 N–H and O–H groups in total. The third-order valence-corrected chi connectivity index (χ3v) is 1.72. The molecule has 1 aromatic rings. The first-order valence-corrected chi connectivity index (χ1v) is 3.93. The van der Waals surface area contributed by atoms with Gasteiger partial charge in [0, 0.05) is 11.8 Å². The van der Waals surface area contributed by atoms with Gasteiger partial charge in [-0.1, -0.05) is 18.2 Å². The monoisotopic (exact) mass is 197 g/mol. The lowest BCUT2D eigenvalue weighted by Gasteiger charge is -2.02. The Bertz CT molecular complexity index is 349. The van der Waals surface area contributed by atoms with E-state index >= 15 is 0 Å². The molecular formula is C9H8ClNO2. The second kappa shape index (κ2) is 3.96. The Morgan fingerprint density at radius 3 is 2.85 bits per heavy atom. The fourth-order valence-electron chi connectivity index (χ4n) is 0.784. The van der Waals surface area contributed by atoms with Crippen molar-refractivity contribution in [3.63, 3.8) is 0 Å². The van der Waals surface area contributed by atoms with Gasteiger partial charge >= 0.3 is 0 Å². The minimum absolute atomic E-state index is 0.0662. The van der Waals surface area contributed by atoms with E-state index in [1.807, 2.05) is 0 Å². The SMILES string of the molecule is C=CC(=O)Nc1ccc(Cl)c(O)c1. The predicted molar refractivity (Wildman–Crippen MR) is 51.9 cm³/mol. The van der Waals surface area contributed by atoms with Gasteiger partial charge in [-0.25, -0.2) is 0 Å². The van der Waals surface area contributed by atoms with Crippen molar-refractivity contribution in [2.24, 2.45) is 0 Å². The lowest BCUT2D eigenvalue weighted by Crippen LogP contribution is -2.06. The van der Waals surface area contributed by atoms with Crippen molar-refractivity contribution in [2.45, 2.75) is 0 Å². The van der Waals surface area contributed by atoms with E-state index in [2.05, 4.69) is 11.9 Å². The van der Waals surface area contributed by atoms with E-state index in [1.165, 1.54) is 12.1 Å². The molecule has 0 bridgehead atoms. The second-order valence-electron chi connectivity index (χ2n) is 2.36. The average Bonchev–Trinajstić information content (AvgIpc) is 2.11. The number of halogens is 1. The van der Waals surface area contributed by atoms with Crippen LogP contribution in [-0.2, 0) is 4.79 Å². The molecule has 0 aliphatic heterocycles. The molecule has 68 valence electrons. The van der Waals surface area contributed by atoms with Crippen molar-refractivity contribution < 1.29 is 9.90 Å². The van der Waals surface area contributed by atoms with Crippen LogP contribution in [0.25, 0.3) is 0 Å². The largest absolute Gasteiger partial charge is 0.506 e. The summed E-state index contributed by atoms with van der Waals surface area (Å²) in [6.07, 6.45) is 1.14. The zero-order valence-electron chi connectivity index (χ0n) is 6.75. The van der Waals surface area contributed by atoms with Gasteiger partial charge in [-0.3, -0.25) is 4.79 Å². The minimum Gasteiger partial charge on any atom is -0.506 e. The number of nitrogens with one attached hydrogen (secondary N) is 1. The molecule has 1 amide bonds. The number of carbonyl (C=O) groups is 1. The lowest BCUT2D eigenvalue weighted by molar-refractivity contribution is -0.111. The maximum Gasteiger partial charge on any atom is 0.247 e. The first kappa shape index (κ1) is 9.61. The zero-order valence-corrected chi connectivity index (χ0v) is 7.51. The number of anilines is 1. The summed E-state index contributed by atoms with van der Waals surface area (Å²) >= 11 is 5.57. The Morgan fingerprint density at radius 2 is 2.31 bits per heavy atom. The van der Waals surface area contributed by atoms with Gasteiger partial charge in [0.05, 0.1) is 5.02 Å². The number of rotatable bonds is 2. The Morgan fingerprint density at radius 1 is 1.62 bits per heavy atom. The molecular weight excluding hydrogens is 190 g/mol. The number of amides is 1. The normalized spacial score (nSPS) is 9.31. The van der Waals surface area contributed by atoms with Crippen molar-refractivity contribution >= 4 is 23.2 Å². The van der Waals surface area contributed by atoms with Gasteiger partial charge < -0.3 is 10.4 Å². The topological polar surface area (TPSA) is 49.3 Å². The molecule has 0 radical (unpaired) electrons. The van der Waals surface area contributed by atoms with Gasteiger partial charge in [0.15, 0.2) is 0 Å². The van der Waals surface area contributed by atoms with Gasteiger partial charge in [0.2, 0.25) is 5.91 Å². The molecule has 1 rings (SSSR count). The van der Waals surface area contributed by atoms with Crippen molar-refractivity contribution in [1.82, 2.24) is 0 Å². The Balaban J connectivity index is 2.85. The fraction of sp³-hybridized carbons (Fsp3) is 0. The van der Waals surface area contributed by atoms with Crippen LogP contribution in [0.1, 0.15) is 0 Å². The molecule has 0 atom stereocenters. The fourth-order valence-corrected chi connectivity index (χ4v) is 0.901. The van der Waals surface area contributed by atoms with Crippen LogP contribution in [0.2, 0.25) is 5.02 Å². The molecule has 0 saturated carbocycles. The summed E-state index contributed by atoms with van der Waals surface area (Å²) in [6, 6.07) is 4.45. The quantitative estimate of drug-likeness (QED) is 0.714. The number of aromatic hydroxyl groups is 1. The second-order valence-corrected chi connectivity index (χ2v) is 2.77. The zero-order chi connectivity index (χ0) is 9.84. The number of hydrogen-bond donors (Lipinski definition) is 2. The van der Waals surface area contributed by atoms with E-state index in [0.717, 1.165) is 6.08 Å². The molecule has 0 fully saturated rings. The highest BCUT2D eigenvalue weighted by Gasteiger charge is 2.01. The standard InChI is InChI=1S/C9H8ClNO2/c1-2-9(13)11-6-3-4-7(10)8(12)5-6/h2-5,12H,1H2,(H,11,13). The number of benzene rings is 1. The van der Waals surface area contributed by atoms with Gasteiger partial charge in [0.25, 0.3) is 0 Å². The van der Waals surface area contributed by atoms with Crippen LogP contribution in [0.3, 0.4) is 0 Å². The predicted octanol–water partition coefficient (Wildman–Crippen LogP) is 2.17. The summed E-state index contributed by atoms with van der Waals surface area (Å²) in [6.45, 7) is 3.30. The maximum atomic E-state index is 10.8. The lowest BCUT2D eigenvalue weighted by atomic mass is 10.3. The summed E-state index contributed by atoms with van der Waals surface area (Å²) < 4.78 is 0. The number of phenols is 1. The van der Waals surface area contributed by atoms with Crippen LogP contribution in [0.4, 0.5) is 5.69 Å². The highest BCUT2D eigenvalue weighted by molar-refractivity contribution is 6.32. The molecule has 0 heterocycles. The van der Waals surface area contributed by atoms with Gasteiger partial charge in [-0.15, -0.1) is 0 Å². The Hall–Kier alpha value is -1.48. The first-order valence-electron chi connectivity index (χ1n) is 3.55. The van der Waals surface area contributed by atoms with Crippen molar-refractivity contribution in [2.75, 3.05) is 5.32 Å². The van der Waals surface area contributed by atoms with Crippen LogP contribution in [-0.4, -0.2) is 11.0 Å². The van der Waals surface area contributed by atoms with E-state index < -0.39 is 0 Å². The number of carbonyl (C=O) groups excluding carboxylic acids is 1. The van der Waals surface area contributed by atoms with E-state index in [9.17, 15) is 9.90 Å². The molecule has 0 aliphatic rings. The Labute approximate surface area is 80.6 Å². The first-order chi connectivity index (χ1) is 6.13. The van der Waals surface area contributed by atoms with Gasteiger partial charge in [0.1, 0.15) is 5.75 Å². The minimum atomic E-state index is -0.332. The van der Waals surface area contributed by atoms with Crippen LogP contribution in [0.5, 0.6) is 5.75 Å². The summed E-state index contributed by atoms with van der Waals surface area (Å²) in [4.78, 5) is 10.8. The van der Waals surface area contributed by atoms with Crippen LogP contribution in [0.15, 0.2) is 30.9 Å². The molecule has 4 heteroatoms. The third kappa shape index (κ3) is 2.49. The van der Waals surface area contributed by atoms with E-state index in [0.29, 0.717) is 5.69 Å². The summed E-state index contributed by atoms with van der Waals surface area (Å²) in [5.74, 6) is -0.398. The number of phenolic OH excluding ortho intramolecular Hbond substituents is 1. The summed E-state index contributed by atoms with van der Waals surface area (Å²) in [7, 11) is 0. The van der Waals surface area contributed by atoms with Crippen molar-refractivity contribution in [1.29, 1.82) is 0 Å². The van der Waals surface area contributed by atoms with E-state index in [4.69, 9.17) is 11.6 Å². The molecule has 0 saturated heterocycles. The van der Waals surface area contributed by atoms with Crippen LogP contribution >= 0.6 is 11.6 Å². The maximum absolute atomic E-state index is 10.8. The average molecular weight is 198 g/mol.